The Morgan fingerprint density at radius 1 is 1.22 bits per heavy atom. The average Bonchev–Trinajstić information content (AvgIpc) is 3.14. The van der Waals surface area contributed by atoms with E-state index in [0.29, 0.717) is 19.4 Å². The third-order valence-electron chi connectivity index (χ3n) is 8.31. The van der Waals surface area contributed by atoms with Crippen LogP contribution in [0.15, 0.2) is 24.3 Å². The van der Waals surface area contributed by atoms with Crippen LogP contribution in [0.3, 0.4) is 0 Å². The number of carbonyl (C=O) groups is 3. The molecule has 3 aliphatic carbocycles. The summed E-state index contributed by atoms with van der Waals surface area (Å²) in [7, 11) is 1.42. The number of para-hydroxylation sites is 1. The minimum Gasteiger partial charge on any atom is -0.469 e. The highest BCUT2D eigenvalue weighted by molar-refractivity contribution is 6.43. The summed E-state index contributed by atoms with van der Waals surface area (Å²) in [6.45, 7) is 0.639. The summed E-state index contributed by atoms with van der Waals surface area (Å²) in [5, 5.41) is 3.60. The normalized spacial score (nSPS) is 43.1. The number of rotatable bonds is 1. The van der Waals surface area contributed by atoms with E-state index in [9.17, 15) is 14.4 Å². The van der Waals surface area contributed by atoms with Gasteiger partial charge in [0.1, 0.15) is 5.41 Å². The van der Waals surface area contributed by atoms with Crippen LogP contribution < -0.4 is 5.32 Å². The first kappa shape index (κ1) is 15.7. The zero-order chi connectivity index (χ0) is 18.6. The number of hydrogen-bond donors (Lipinski definition) is 1. The molecule has 6 nitrogen and oxygen atoms in total. The van der Waals surface area contributed by atoms with Gasteiger partial charge in [0.05, 0.1) is 24.6 Å². The summed E-state index contributed by atoms with van der Waals surface area (Å²) in [5.41, 5.74) is -0.140. The molecule has 5 atom stereocenters. The molecule has 0 unspecified atom stereocenters. The third-order valence-corrected chi connectivity index (χ3v) is 8.31. The number of benzene rings is 1. The molecule has 5 fully saturated rings. The van der Waals surface area contributed by atoms with Crippen molar-refractivity contribution in [3.8, 4) is 0 Å². The Kier molecular flexibility index (Phi) is 2.63. The van der Waals surface area contributed by atoms with Gasteiger partial charge in [0.2, 0.25) is 5.78 Å². The average molecular weight is 366 g/mol. The smallest absolute Gasteiger partial charge is 0.311 e. The summed E-state index contributed by atoms with van der Waals surface area (Å²) in [6, 6.07) is 7.66. The second-order valence-corrected chi connectivity index (χ2v) is 8.93. The van der Waals surface area contributed by atoms with E-state index in [1.807, 2.05) is 29.2 Å². The van der Waals surface area contributed by atoms with Gasteiger partial charge >= 0.3 is 5.97 Å². The Labute approximate surface area is 157 Å². The zero-order valence-corrected chi connectivity index (χ0v) is 15.3. The zero-order valence-electron chi connectivity index (χ0n) is 15.3. The summed E-state index contributed by atoms with van der Waals surface area (Å²) >= 11 is 0. The van der Waals surface area contributed by atoms with E-state index in [1.165, 1.54) is 7.11 Å². The molecule has 3 spiro atoms. The summed E-state index contributed by atoms with van der Waals surface area (Å²) in [5.74, 6) is -1.38. The van der Waals surface area contributed by atoms with E-state index in [2.05, 4.69) is 5.32 Å². The lowest BCUT2D eigenvalue weighted by atomic mass is 9.38. The number of ketones is 1. The van der Waals surface area contributed by atoms with Gasteiger partial charge in [-0.25, -0.2) is 0 Å². The predicted octanol–water partition coefficient (Wildman–Crippen LogP) is 1.64. The molecular formula is C21H22N2O4. The number of piperidine rings is 1. The number of ether oxygens (including phenoxy) is 1. The molecule has 0 radical (unpaired) electrons. The van der Waals surface area contributed by atoms with Crippen molar-refractivity contribution in [3.63, 3.8) is 0 Å². The molecule has 2 saturated heterocycles. The highest BCUT2D eigenvalue weighted by Crippen LogP contribution is 2.73. The number of nitrogens with one attached hydrogen (secondary N) is 1. The van der Waals surface area contributed by atoms with Gasteiger partial charge in [-0.15, -0.1) is 0 Å². The van der Waals surface area contributed by atoms with Crippen LogP contribution in [0.5, 0.6) is 0 Å². The highest BCUT2D eigenvalue weighted by Gasteiger charge is 2.84. The van der Waals surface area contributed by atoms with Gasteiger partial charge in [-0.05, 0) is 49.1 Å². The van der Waals surface area contributed by atoms with Crippen molar-refractivity contribution in [1.29, 1.82) is 0 Å². The van der Waals surface area contributed by atoms with Crippen molar-refractivity contribution < 1.29 is 19.1 Å². The van der Waals surface area contributed by atoms with E-state index >= 15 is 0 Å². The number of anilines is 1. The summed E-state index contributed by atoms with van der Waals surface area (Å²) < 4.78 is 5.20. The second-order valence-electron chi connectivity index (χ2n) is 8.93. The van der Waals surface area contributed by atoms with Crippen LogP contribution >= 0.6 is 0 Å². The lowest BCUT2D eigenvalue weighted by Crippen LogP contribution is -2.78. The first-order valence-corrected chi connectivity index (χ1v) is 9.83. The van der Waals surface area contributed by atoms with Crippen LogP contribution in [0.1, 0.15) is 37.7 Å². The molecule has 3 saturated carbocycles. The lowest BCUT2D eigenvalue weighted by molar-refractivity contribution is -0.173. The molecule has 6 heteroatoms. The van der Waals surface area contributed by atoms with Crippen molar-refractivity contribution >= 4 is 23.3 Å². The number of Topliss-reactive ketones (excluding diaryl/α,β-unsaturated/α-hetero) is 1. The summed E-state index contributed by atoms with van der Waals surface area (Å²) in [4.78, 5) is 41.6. The summed E-state index contributed by atoms with van der Waals surface area (Å²) in [6.07, 6.45) is 4.18. The predicted molar refractivity (Wildman–Crippen MR) is 96.0 cm³/mol. The van der Waals surface area contributed by atoms with E-state index < -0.39 is 16.9 Å². The van der Waals surface area contributed by atoms with E-state index in [4.69, 9.17) is 4.74 Å². The molecule has 3 heterocycles. The van der Waals surface area contributed by atoms with Gasteiger partial charge in [-0.3, -0.25) is 14.4 Å². The second kappa shape index (κ2) is 4.54. The van der Waals surface area contributed by atoms with E-state index in [-0.39, 0.29) is 29.1 Å². The fourth-order valence-electron chi connectivity index (χ4n) is 7.59. The monoisotopic (exact) mass is 366 g/mol. The number of hydrogen-bond acceptors (Lipinski definition) is 5. The van der Waals surface area contributed by atoms with Crippen molar-refractivity contribution in [2.75, 3.05) is 19.0 Å². The van der Waals surface area contributed by atoms with Gasteiger partial charge in [-0.2, -0.15) is 0 Å². The van der Waals surface area contributed by atoms with Gasteiger partial charge in [0, 0.05) is 12.2 Å². The Hall–Kier alpha value is -2.37. The lowest BCUT2D eigenvalue weighted by Gasteiger charge is -2.67. The van der Waals surface area contributed by atoms with Gasteiger partial charge in [0.25, 0.3) is 5.91 Å². The molecule has 2 bridgehead atoms. The van der Waals surface area contributed by atoms with Crippen LogP contribution in [0.2, 0.25) is 0 Å². The number of carbonyl (C=O) groups excluding carboxylic acids is 3. The molecule has 1 N–H and O–H groups in total. The molecule has 1 aromatic rings. The topological polar surface area (TPSA) is 75.7 Å². The molecule has 0 aromatic heterocycles. The van der Waals surface area contributed by atoms with Crippen LogP contribution in [0, 0.1) is 11.3 Å². The van der Waals surface area contributed by atoms with Gasteiger partial charge < -0.3 is 15.0 Å². The molecule has 3 aliphatic heterocycles. The number of fused-ring (bicyclic) bond motifs is 3. The minimum absolute atomic E-state index is 0.149. The molecule has 27 heavy (non-hydrogen) atoms. The first-order valence-electron chi connectivity index (χ1n) is 9.83. The Bertz CT molecular complexity index is 929. The maximum absolute atomic E-state index is 13.7. The first-order chi connectivity index (χ1) is 13.0. The van der Waals surface area contributed by atoms with E-state index in [0.717, 1.165) is 30.5 Å². The van der Waals surface area contributed by atoms with Gasteiger partial charge in [-0.1, -0.05) is 18.2 Å². The third kappa shape index (κ3) is 1.38. The quantitative estimate of drug-likeness (QED) is 0.604. The van der Waals surface area contributed by atoms with Crippen molar-refractivity contribution in [2.24, 2.45) is 11.3 Å². The fraction of sp³-hybridized carbons (Fsp3) is 0.571. The number of esters is 1. The Morgan fingerprint density at radius 2 is 2.04 bits per heavy atom. The molecular weight excluding hydrogens is 344 g/mol. The van der Waals surface area contributed by atoms with Crippen molar-refractivity contribution in [2.45, 2.75) is 49.1 Å². The highest BCUT2D eigenvalue weighted by atomic mass is 16.5. The Morgan fingerprint density at radius 3 is 2.85 bits per heavy atom. The van der Waals surface area contributed by atoms with Crippen LogP contribution in [0.25, 0.3) is 0 Å². The van der Waals surface area contributed by atoms with Crippen molar-refractivity contribution in [3.05, 3.63) is 29.8 Å². The van der Waals surface area contributed by atoms with E-state index in [1.54, 1.807) is 0 Å². The molecule has 7 rings (SSSR count). The largest absolute Gasteiger partial charge is 0.469 e. The number of amides is 1. The standard InChI is InChI=1S/C21H22N2O4/c1-27-17(26)13-11-19-7-4-10-23-16(25)15(24)21(18(19)23)12-5-2-3-6-14(12)22-20(13,21)9-8-19/h2-3,5-6,13,18,22H,4,7-11H2,1H3/t13-,18-,19+,20+,21-/m0/s1. The molecule has 6 aliphatic rings. The maximum Gasteiger partial charge on any atom is 0.311 e. The van der Waals surface area contributed by atoms with Crippen LogP contribution in [0.4, 0.5) is 5.69 Å². The maximum atomic E-state index is 13.7. The van der Waals surface area contributed by atoms with Crippen LogP contribution in [-0.2, 0) is 24.5 Å². The van der Waals surface area contributed by atoms with Crippen molar-refractivity contribution in [1.82, 2.24) is 4.90 Å². The minimum atomic E-state index is -0.976. The number of methoxy groups -OCH3 is 1. The molecule has 1 aromatic carbocycles. The molecule has 1 amide bonds. The molecule has 140 valence electrons. The number of nitrogens with zero attached hydrogens (tertiary/aromatic N) is 1. The van der Waals surface area contributed by atoms with Crippen LogP contribution in [-0.4, -0.2) is 47.8 Å². The SMILES string of the molecule is COC(=O)[C@@H]1C[C@@]23CCCN4C(=O)C(=O)[C@@]5(c6ccccc6N[C@]15CC2)[C@@H]43. The van der Waals surface area contributed by atoms with Gasteiger partial charge in [0.15, 0.2) is 0 Å². The Balaban J connectivity index is 1.72. The fourth-order valence-corrected chi connectivity index (χ4v) is 7.59.